The molecule has 2 aromatic carbocycles. The van der Waals surface area contributed by atoms with Gasteiger partial charge in [0.25, 0.3) is 6.01 Å². The van der Waals surface area contributed by atoms with Crippen LogP contribution in [0.15, 0.2) is 53.2 Å². The topological polar surface area (TPSA) is 85.2 Å². The van der Waals surface area contributed by atoms with Crippen molar-refractivity contribution in [2.45, 2.75) is 0 Å². The summed E-state index contributed by atoms with van der Waals surface area (Å²) in [4.78, 5) is 4.29. The van der Waals surface area contributed by atoms with Gasteiger partial charge in [0.2, 0.25) is 0 Å². The van der Waals surface area contributed by atoms with Crippen molar-refractivity contribution in [3.05, 3.63) is 48.8 Å². The van der Waals surface area contributed by atoms with E-state index in [2.05, 4.69) is 20.5 Å². The number of benzene rings is 2. The van der Waals surface area contributed by atoms with Crippen LogP contribution in [-0.4, -0.2) is 28.4 Å². The molecule has 2 aromatic heterocycles. The van der Waals surface area contributed by atoms with Crippen molar-refractivity contribution in [1.29, 1.82) is 0 Å². The lowest BCUT2D eigenvalue weighted by Crippen LogP contribution is -2.15. The molecule has 2 N–H and O–H groups in total. The van der Waals surface area contributed by atoms with Gasteiger partial charge in [-0.15, -0.1) is 0 Å². The number of nitrogens with zero attached hydrogens (tertiary/aromatic N) is 2. The molecule has 7 nitrogen and oxygen atoms in total. The quantitative estimate of drug-likeness (QED) is 0.594. The molecule has 0 bridgehead atoms. The van der Waals surface area contributed by atoms with Crippen LogP contribution in [0.25, 0.3) is 22.2 Å². The Morgan fingerprint density at radius 3 is 2.84 bits per heavy atom. The van der Waals surface area contributed by atoms with Gasteiger partial charge in [-0.2, -0.15) is 5.10 Å². The van der Waals surface area contributed by atoms with Gasteiger partial charge in [0.1, 0.15) is 13.2 Å². The zero-order chi connectivity index (χ0) is 16.6. The maximum absolute atomic E-state index is 5.82. The number of hydrogen-bond donors (Lipinski definition) is 2. The Hall–Kier alpha value is -3.48. The molecule has 7 heteroatoms. The van der Waals surface area contributed by atoms with Gasteiger partial charge in [-0.3, -0.25) is 5.10 Å². The van der Waals surface area contributed by atoms with E-state index in [1.165, 1.54) is 0 Å². The average Bonchev–Trinajstić information content (AvgIpc) is 3.30. The van der Waals surface area contributed by atoms with Crippen molar-refractivity contribution >= 4 is 22.6 Å². The number of aromatic nitrogens is 3. The molecule has 0 radical (unpaired) electrons. The second-order valence-corrected chi connectivity index (χ2v) is 5.69. The van der Waals surface area contributed by atoms with Crippen LogP contribution in [0.3, 0.4) is 0 Å². The number of nitrogens with one attached hydrogen (secondary N) is 2. The minimum absolute atomic E-state index is 0.424. The van der Waals surface area contributed by atoms with Crippen molar-refractivity contribution in [3.63, 3.8) is 0 Å². The first-order valence-electron chi connectivity index (χ1n) is 7.91. The number of oxazole rings is 1. The molecule has 5 rings (SSSR count). The van der Waals surface area contributed by atoms with E-state index in [0.29, 0.717) is 25.0 Å². The molecule has 3 heterocycles. The SMILES string of the molecule is c1cc2[nH]ncc2cc1Nc1ncc(-c2ccc3c(c2)OCCO3)o1. The van der Waals surface area contributed by atoms with E-state index in [-0.39, 0.29) is 0 Å². The first-order chi connectivity index (χ1) is 12.3. The summed E-state index contributed by atoms with van der Waals surface area (Å²) in [6.07, 6.45) is 3.46. The number of H-pyrrole nitrogens is 1. The smallest absolute Gasteiger partial charge is 0.299 e. The third-order valence-corrected chi connectivity index (χ3v) is 4.02. The van der Waals surface area contributed by atoms with E-state index < -0.39 is 0 Å². The fraction of sp³-hybridized carbons (Fsp3) is 0.111. The molecule has 0 saturated heterocycles. The normalized spacial score (nSPS) is 13.1. The van der Waals surface area contributed by atoms with Gasteiger partial charge in [-0.1, -0.05) is 0 Å². The zero-order valence-electron chi connectivity index (χ0n) is 13.2. The van der Waals surface area contributed by atoms with E-state index in [1.807, 2.05) is 36.4 Å². The highest BCUT2D eigenvalue weighted by Crippen LogP contribution is 2.35. The molecular weight excluding hydrogens is 320 g/mol. The lowest BCUT2D eigenvalue weighted by Gasteiger charge is -2.18. The Balaban J connectivity index is 1.41. The third-order valence-electron chi connectivity index (χ3n) is 4.02. The van der Waals surface area contributed by atoms with Crippen molar-refractivity contribution in [2.75, 3.05) is 18.5 Å². The van der Waals surface area contributed by atoms with Gasteiger partial charge in [0.15, 0.2) is 17.3 Å². The summed E-state index contributed by atoms with van der Waals surface area (Å²) in [5, 5.41) is 11.1. The van der Waals surface area contributed by atoms with Crippen molar-refractivity contribution in [3.8, 4) is 22.8 Å². The molecule has 0 spiro atoms. The lowest BCUT2D eigenvalue weighted by molar-refractivity contribution is 0.171. The van der Waals surface area contributed by atoms with Crippen LogP contribution in [0.2, 0.25) is 0 Å². The number of rotatable bonds is 3. The number of aromatic amines is 1. The molecule has 0 fully saturated rings. The van der Waals surface area contributed by atoms with Crippen molar-refractivity contribution < 1.29 is 13.9 Å². The summed E-state index contributed by atoms with van der Waals surface area (Å²) in [7, 11) is 0. The molecule has 0 aliphatic carbocycles. The van der Waals surface area contributed by atoms with Gasteiger partial charge in [-0.25, -0.2) is 4.98 Å². The molecule has 1 aliphatic rings. The molecule has 25 heavy (non-hydrogen) atoms. The van der Waals surface area contributed by atoms with Gasteiger partial charge >= 0.3 is 0 Å². The first-order valence-corrected chi connectivity index (χ1v) is 7.91. The van der Waals surface area contributed by atoms with Crippen molar-refractivity contribution in [1.82, 2.24) is 15.2 Å². The van der Waals surface area contributed by atoms with Crippen LogP contribution in [-0.2, 0) is 0 Å². The van der Waals surface area contributed by atoms with Crippen LogP contribution < -0.4 is 14.8 Å². The molecule has 0 amide bonds. The van der Waals surface area contributed by atoms with E-state index in [1.54, 1.807) is 12.4 Å². The van der Waals surface area contributed by atoms with E-state index in [9.17, 15) is 0 Å². The summed E-state index contributed by atoms with van der Waals surface area (Å²) < 4.78 is 17.0. The fourth-order valence-corrected chi connectivity index (χ4v) is 2.81. The molecule has 4 aromatic rings. The predicted molar refractivity (Wildman–Crippen MR) is 92.3 cm³/mol. The summed E-state index contributed by atoms with van der Waals surface area (Å²) in [5.41, 5.74) is 2.74. The maximum atomic E-state index is 5.82. The van der Waals surface area contributed by atoms with Crippen LogP contribution >= 0.6 is 0 Å². The van der Waals surface area contributed by atoms with Gasteiger partial charge in [-0.05, 0) is 36.4 Å². The molecule has 1 aliphatic heterocycles. The second-order valence-electron chi connectivity index (χ2n) is 5.69. The van der Waals surface area contributed by atoms with E-state index in [0.717, 1.165) is 33.7 Å². The number of hydrogen-bond acceptors (Lipinski definition) is 6. The fourth-order valence-electron chi connectivity index (χ4n) is 2.81. The van der Waals surface area contributed by atoms with Gasteiger partial charge in [0.05, 0.1) is 17.9 Å². The van der Waals surface area contributed by atoms with E-state index >= 15 is 0 Å². The Morgan fingerprint density at radius 2 is 1.88 bits per heavy atom. The second kappa shape index (κ2) is 5.55. The standard InChI is InChI=1S/C18H14N4O3/c1-4-15-16(24-6-5-23-15)8-11(1)17-10-19-18(25-17)21-13-2-3-14-12(7-13)9-20-22-14/h1-4,7-10H,5-6H2,(H,19,21)(H,20,22). The molecule has 124 valence electrons. The Kier molecular flexibility index (Phi) is 3.09. The zero-order valence-corrected chi connectivity index (χ0v) is 13.2. The highest BCUT2D eigenvalue weighted by atomic mass is 16.6. The highest BCUT2D eigenvalue weighted by molar-refractivity contribution is 5.82. The Morgan fingerprint density at radius 1 is 0.960 bits per heavy atom. The molecule has 0 saturated carbocycles. The lowest BCUT2D eigenvalue weighted by atomic mass is 10.1. The minimum Gasteiger partial charge on any atom is -0.486 e. The third kappa shape index (κ3) is 2.55. The van der Waals surface area contributed by atoms with Crippen LogP contribution in [0.1, 0.15) is 0 Å². The Labute approximate surface area is 142 Å². The average molecular weight is 334 g/mol. The Bertz CT molecular complexity index is 1050. The highest BCUT2D eigenvalue weighted by Gasteiger charge is 2.14. The summed E-state index contributed by atoms with van der Waals surface area (Å²) in [6.45, 7) is 1.12. The summed E-state index contributed by atoms with van der Waals surface area (Å²) >= 11 is 0. The number of anilines is 2. The van der Waals surface area contributed by atoms with E-state index in [4.69, 9.17) is 13.9 Å². The van der Waals surface area contributed by atoms with Gasteiger partial charge < -0.3 is 19.2 Å². The maximum Gasteiger partial charge on any atom is 0.299 e. The number of fused-ring (bicyclic) bond motifs is 2. The van der Waals surface area contributed by atoms with Crippen LogP contribution in [0, 0.1) is 0 Å². The van der Waals surface area contributed by atoms with Crippen LogP contribution in [0.4, 0.5) is 11.7 Å². The van der Waals surface area contributed by atoms with Crippen LogP contribution in [0.5, 0.6) is 11.5 Å². The largest absolute Gasteiger partial charge is 0.486 e. The summed E-state index contributed by atoms with van der Waals surface area (Å²) in [6, 6.07) is 12.0. The molecule has 0 unspecified atom stereocenters. The molecule has 0 atom stereocenters. The minimum atomic E-state index is 0.424. The summed E-state index contributed by atoms with van der Waals surface area (Å²) in [5.74, 6) is 2.13. The van der Waals surface area contributed by atoms with Gasteiger partial charge in [0, 0.05) is 16.6 Å². The predicted octanol–water partition coefficient (Wildman–Crippen LogP) is 3.73. The number of ether oxygens (including phenoxy) is 2. The first kappa shape index (κ1) is 13.9. The monoisotopic (exact) mass is 334 g/mol. The molecular formula is C18H14N4O3. The van der Waals surface area contributed by atoms with Crippen molar-refractivity contribution in [2.24, 2.45) is 0 Å².